The zero-order chi connectivity index (χ0) is 13.7. The van der Waals surface area contributed by atoms with E-state index in [1.165, 1.54) is 0 Å². The Morgan fingerprint density at radius 1 is 1.37 bits per heavy atom. The normalized spacial score (nSPS) is 10.9. The molecule has 1 N–H and O–H groups in total. The fourth-order valence-electron chi connectivity index (χ4n) is 1.61. The molecular weight excluding hydrogens is 308 g/mol. The fourth-order valence-corrected chi connectivity index (χ4v) is 2.02. The molecule has 19 heavy (non-hydrogen) atoms. The lowest BCUT2D eigenvalue weighted by atomic mass is 10.2. The summed E-state index contributed by atoms with van der Waals surface area (Å²) in [6, 6.07) is 8.21. The maximum absolute atomic E-state index is 5.77. The van der Waals surface area contributed by atoms with Crippen molar-refractivity contribution >= 4 is 15.9 Å². The first-order valence-electron chi connectivity index (χ1n) is 6.19. The van der Waals surface area contributed by atoms with Crippen LogP contribution in [0, 0.1) is 0 Å². The summed E-state index contributed by atoms with van der Waals surface area (Å²) in [6.07, 6.45) is 1.61. The summed E-state index contributed by atoms with van der Waals surface area (Å²) in [6.45, 7) is 5.39. The average Bonchev–Trinajstić information content (AvgIpc) is 2.88. The van der Waals surface area contributed by atoms with E-state index in [4.69, 9.17) is 9.26 Å². The van der Waals surface area contributed by atoms with Crippen molar-refractivity contribution in [3.63, 3.8) is 0 Å². The lowest BCUT2D eigenvalue weighted by molar-refractivity contribution is 0.247. The van der Waals surface area contributed by atoms with Gasteiger partial charge in [0, 0.05) is 28.7 Å². The molecule has 1 aromatic heterocycles. The largest absolute Gasteiger partial charge is 0.485 e. The summed E-state index contributed by atoms with van der Waals surface area (Å²) < 4.78 is 11.8. The molecule has 4 nitrogen and oxygen atoms in total. The third-order valence-corrected chi connectivity index (χ3v) is 3.08. The highest BCUT2D eigenvalue weighted by Gasteiger charge is 2.07. The molecule has 0 saturated carbocycles. The lowest BCUT2D eigenvalue weighted by Gasteiger charge is -2.13. The Hall–Kier alpha value is -1.33. The smallest absolute Gasteiger partial charge is 0.174 e. The predicted molar refractivity (Wildman–Crippen MR) is 77.0 cm³/mol. The van der Waals surface area contributed by atoms with Crippen molar-refractivity contribution in [2.24, 2.45) is 0 Å². The molecule has 102 valence electrons. The van der Waals surface area contributed by atoms with Gasteiger partial charge in [0.15, 0.2) is 5.76 Å². The summed E-state index contributed by atoms with van der Waals surface area (Å²) in [5, 5.41) is 7.04. The third-order valence-electron chi connectivity index (χ3n) is 2.58. The van der Waals surface area contributed by atoms with Crippen LogP contribution >= 0.6 is 15.9 Å². The molecule has 0 aliphatic heterocycles. The van der Waals surface area contributed by atoms with Gasteiger partial charge in [-0.15, -0.1) is 0 Å². The predicted octanol–water partition coefficient (Wildman–Crippen LogP) is 3.51. The van der Waals surface area contributed by atoms with Crippen molar-refractivity contribution in [2.75, 3.05) is 0 Å². The monoisotopic (exact) mass is 324 g/mol. The van der Waals surface area contributed by atoms with Gasteiger partial charge in [-0.25, -0.2) is 0 Å². The van der Waals surface area contributed by atoms with Crippen molar-refractivity contribution in [3.05, 3.63) is 46.3 Å². The molecule has 0 aliphatic rings. The van der Waals surface area contributed by atoms with E-state index < -0.39 is 0 Å². The number of ether oxygens (including phenoxy) is 1. The van der Waals surface area contributed by atoms with E-state index in [9.17, 15) is 0 Å². The number of benzene rings is 1. The van der Waals surface area contributed by atoms with Gasteiger partial charge >= 0.3 is 0 Å². The van der Waals surface area contributed by atoms with Crippen LogP contribution in [0.2, 0.25) is 0 Å². The maximum Gasteiger partial charge on any atom is 0.174 e. The second-order valence-corrected chi connectivity index (χ2v) is 5.47. The molecule has 1 aromatic carbocycles. The molecule has 0 aliphatic carbocycles. The number of halogens is 1. The van der Waals surface area contributed by atoms with Crippen LogP contribution in [-0.4, -0.2) is 11.2 Å². The van der Waals surface area contributed by atoms with Gasteiger partial charge in [0.2, 0.25) is 0 Å². The maximum atomic E-state index is 5.77. The second-order valence-electron chi connectivity index (χ2n) is 4.56. The number of hydrogen-bond donors (Lipinski definition) is 1. The van der Waals surface area contributed by atoms with E-state index in [-0.39, 0.29) is 0 Å². The molecular formula is C14H17BrN2O2. The van der Waals surface area contributed by atoms with E-state index in [0.717, 1.165) is 22.3 Å². The fraction of sp³-hybridized carbons (Fsp3) is 0.357. The molecule has 2 aromatic rings. The molecule has 0 fully saturated rings. The van der Waals surface area contributed by atoms with Crippen LogP contribution in [0.3, 0.4) is 0 Å². The van der Waals surface area contributed by atoms with Gasteiger partial charge in [0.05, 0.1) is 6.20 Å². The van der Waals surface area contributed by atoms with Gasteiger partial charge in [-0.2, -0.15) is 0 Å². The van der Waals surface area contributed by atoms with Gasteiger partial charge in [0.1, 0.15) is 12.4 Å². The van der Waals surface area contributed by atoms with Crippen molar-refractivity contribution in [2.45, 2.75) is 33.0 Å². The number of hydrogen-bond acceptors (Lipinski definition) is 4. The Balaban J connectivity index is 2.05. The first-order valence-corrected chi connectivity index (χ1v) is 6.98. The minimum absolute atomic E-state index is 0.385. The van der Waals surface area contributed by atoms with Crippen LogP contribution in [0.1, 0.15) is 25.2 Å². The minimum atomic E-state index is 0.385. The molecule has 1 heterocycles. The second kappa shape index (κ2) is 6.73. The van der Waals surface area contributed by atoms with E-state index in [2.05, 4.69) is 46.3 Å². The SMILES string of the molecule is CC(C)NCc1cc(Br)ccc1OCc1ccno1. The van der Waals surface area contributed by atoms with Crippen LogP contribution in [0.4, 0.5) is 0 Å². The standard InChI is InChI=1S/C14H17BrN2O2/c1-10(2)16-8-11-7-12(15)3-4-14(11)18-9-13-5-6-17-19-13/h3-7,10,16H,8-9H2,1-2H3. The molecule has 0 bridgehead atoms. The molecule has 0 atom stereocenters. The topological polar surface area (TPSA) is 47.3 Å². The number of rotatable bonds is 6. The van der Waals surface area contributed by atoms with E-state index in [0.29, 0.717) is 18.4 Å². The summed E-state index contributed by atoms with van der Waals surface area (Å²) in [4.78, 5) is 0. The minimum Gasteiger partial charge on any atom is -0.485 e. The van der Waals surface area contributed by atoms with Crippen LogP contribution in [-0.2, 0) is 13.2 Å². The summed E-state index contributed by atoms with van der Waals surface area (Å²) in [5.41, 5.74) is 1.11. The lowest BCUT2D eigenvalue weighted by Crippen LogP contribution is -2.22. The van der Waals surface area contributed by atoms with Gasteiger partial charge in [-0.3, -0.25) is 0 Å². The number of nitrogens with zero attached hydrogens (tertiary/aromatic N) is 1. The number of nitrogens with one attached hydrogen (secondary N) is 1. The summed E-state index contributed by atoms with van der Waals surface area (Å²) in [5.74, 6) is 1.57. The highest BCUT2D eigenvalue weighted by atomic mass is 79.9. The molecule has 0 unspecified atom stereocenters. The highest BCUT2D eigenvalue weighted by Crippen LogP contribution is 2.24. The molecule has 2 rings (SSSR count). The summed E-state index contributed by atoms with van der Waals surface area (Å²) in [7, 11) is 0. The molecule has 5 heteroatoms. The van der Waals surface area contributed by atoms with Gasteiger partial charge in [-0.1, -0.05) is 34.9 Å². The Morgan fingerprint density at radius 2 is 2.21 bits per heavy atom. The van der Waals surface area contributed by atoms with E-state index in [1.54, 1.807) is 12.3 Å². The summed E-state index contributed by atoms with van der Waals surface area (Å²) >= 11 is 3.48. The molecule has 0 radical (unpaired) electrons. The average molecular weight is 325 g/mol. The highest BCUT2D eigenvalue weighted by molar-refractivity contribution is 9.10. The Kier molecular flexibility index (Phi) is 4.99. The number of aromatic nitrogens is 1. The quantitative estimate of drug-likeness (QED) is 0.883. The Labute approximate surface area is 121 Å². The van der Waals surface area contributed by atoms with Crippen LogP contribution in [0.5, 0.6) is 5.75 Å². The Morgan fingerprint density at radius 3 is 2.89 bits per heavy atom. The first-order chi connectivity index (χ1) is 9.15. The van der Waals surface area contributed by atoms with Crippen molar-refractivity contribution < 1.29 is 9.26 Å². The van der Waals surface area contributed by atoms with Crippen molar-refractivity contribution in [1.29, 1.82) is 0 Å². The van der Waals surface area contributed by atoms with Crippen molar-refractivity contribution in [3.8, 4) is 5.75 Å². The van der Waals surface area contributed by atoms with Crippen LogP contribution in [0.15, 0.2) is 39.5 Å². The van der Waals surface area contributed by atoms with E-state index in [1.807, 2.05) is 12.1 Å². The Bertz CT molecular complexity index is 512. The first kappa shape index (κ1) is 14.1. The molecule has 0 spiro atoms. The van der Waals surface area contributed by atoms with Gasteiger partial charge in [-0.05, 0) is 18.2 Å². The van der Waals surface area contributed by atoms with Gasteiger partial charge < -0.3 is 14.6 Å². The zero-order valence-electron chi connectivity index (χ0n) is 11.0. The third kappa shape index (κ3) is 4.36. The van der Waals surface area contributed by atoms with Gasteiger partial charge in [0.25, 0.3) is 0 Å². The molecule has 0 amide bonds. The van der Waals surface area contributed by atoms with Crippen molar-refractivity contribution in [1.82, 2.24) is 10.5 Å². The zero-order valence-corrected chi connectivity index (χ0v) is 12.6. The van der Waals surface area contributed by atoms with Crippen LogP contribution < -0.4 is 10.1 Å². The van der Waals surface area contributed by atoms with E-state index >= 15 is 0 Å². The molecule has 0 saturated heterocycles. The van der Waals surface area contributed by atoms with Crippen LogP contribution in [0.25, 0.3) is 0 Å².